The summed E-state index contributed by atoms with van der Waals surface area (Å²) in [6.07, 6.45) is 4.01. The molecule has 10 nitrogen and oxygen atoms in total. The Balaban J connectivity index is 1.72. The van der Waals surface area contributed by atoms with Crippen molar-refractivity contribution in [1.29, 1.82) is 0 Å². The number of nitrogens with zero attached hydrogens (tertiary/aromatic N) is 6. The first-order chi connectivity index (χ1) is 14.1. The lowest BCUT2D eigenvalue weighted by Gasteiger charge is -2.32. The van der Waals surface area contributed by atoms with Gasteiger partial charge < -0.3 is 14.2 Å². The number of piperidine rings is 1. The van der Waals surface area contributed by atoms with Crippen molar-refractivity contribution < 1.29 is 14.5 Å². The normalized spacial score (nSPS) is 14.9. The van der Waals surface area contributed by atoms with Crippen LogP contribution in [0, 0.1) is 10.1 Å². The zero-order valence-electron chi connectivity index (χ0n) is 15.9. The van der Waals surface area contributed by atoms with E-state index in [0.717, 1.165) is 0 Å². The molecule has 4 rings (SSSR count). The molecule has 1 saturated heterocycles. The van der Waals surface area contributed by atoms with Crippen LogP contribution >= 0.6 is 0 Å². The number of ether oxygens (including phenoxy) is 1. The van der Waals surface area contributed by atoms with Gasteiger partial charge in [-0.3, -0.25) is 15.1 Å². The van der Waals surface area contributed by atoms with Gasteiger partial charge in [0.1, 0.15) is 17.4 Å². The quantitative estimate of drug-likeness (QED) is 0.491. The first kappa shape index (κ1) is 18.8. The van der Waals surface area contributed by atoms with Crippen LogP contribution in [0.4, 0.5) is 10.5 Å². The molecule has 0 saturated carbocycles. The topological polar surface area (TPSA) is 116 Å². The minimum absolute atomic E-state index is 0.0386. The minimum atomic E-state index is -0.482. The largest absolute Gasteiger partial charge is 0.450 e. The summed E-state index contributed by atoms with van der Waals surface area (Å²) in [6, 6.07) is 7.00. The van der Waals surface area contributed by atoms with Crippen LogP contribution < -0.4 is 0 Å². The van der Waals surface area contributed by atoms with Crippen molar-refractivity contribution in [2.45, 2.75) is 25.8 Å². The highest BCUT2D eigenvalue weighted by Gasteiger charge is 2.29. The van der Waals surface area contributed by atoms with Crippen molar-refractivity contribution in [2.24, 2.45) is 0 Å². The summed E-state index contributed by atoms with van der Waals surface area (Å²) in [5.74, 6) is 0.614. The van der Waals surface area contributed by atoms with Gasteiger partial charge in [0.05, 0.1) is 11.5 Å². The lowest BCUT2D eigenvalue weighted by Crippen LogP contribution is -2.39. The zero-order chi connectivity index (χ0) is 20.4. The van der Waals surface area contributed by atoms with Gasteiger partial charge in [-0.15, -0.1) is 0 Å². The number of imidazole rings is 1. The van der Waals surface area contributed by atoms with Crippen molar-refractivity contribution >= 4 is 22.9 Å². The van der Waals surface area contributed by atoms with Crippen molar-refractivity contribution in [2.75, 3.05) is 19.7 Å². The van der Waals surface area contributed by atoms with Crippen LogP contribution in [-0.2, 0) is 4.74 Å². The second kappa shape index (κ2) is 7.82. The van der Waals surface area contributed by atoms with Gasteiger partial charge in [0.25, 0.3) is 5.69 Å². The van der Waals surface area contributed by atoms with E-state index in [1.54, 1.807) is 18.0 Å². The fourth-order valence-electron chi connectivity index (χ4n) is 3.61. The number of likely N-dealkylation sites (tertiary alicyclic amines) is 1. The number of aromatic nitrogens is 4. The zero-order valence-corrected chi connectivity index (χ0v) is 15.9. The molecule has 1 aliphatic rings. The van der Waals surface area contributed by atoms with Gasteiger partial charge in [-0.1, -0.05) is 6.07 Å². The molecule has 0 unspecified atom stereocenters. The summed E-state index contributed by atoms with van der Waals surface area (Å²) < 4.78 is 7.08. The van der Waals surface area contributed by atoms with E-state index in [1.165, 1.54) is 12.3 Å². The predicted octanol–water partition coefficient (Wildman–Crippen LogP) is 3.19. The third-order valence-corrected chi connectivity index (χ3v) is 4.98. The van der Waals surface area contributed by atoms with E-state index >= 15 is 0 Å². The van der Waals surface area contributed by atoms with E-state index in [0.29, 0.717) is 55.2 Å². The number of carbonyl (C=O) groups is 1. The Morgan fingerprint density at radius 2 is 2.10 bits per heavy atom. The highest BCUT2D eigenvalue weighted by molar-refractivity contribution is 5.78. The monoisotopic (exact) mass is 396 g/mol. The van der Waals surface area contributed by atoms with E-state index in [2.05, 4.69) is 15.0 Å². The van der Waals surface area contributed by atoms with E-state index in [-0.39, 0.29) is 17.8 Å². The van der Waals surface area contributed by atoms with E-state index in [1.807, 2.05) is 22.8 Å². The van der Waals surface area contributed by atoms with Gasteiger partial charge in [-0.25, -0.2) is 14.8 Å². The molecule has 0 spiro atoms. The smallest absolute Gasteiger partial charge is 0.409 e. The van der Waals surface area contributed by atoms with Crippen LogP contribution in [0.25, 0.3) is 22.7 Å². The van der Waals surface area contributed by atoms with Crippen molar-refractivity contribution in [3.05, 3.63) is 46.8 Å². The summed E-state index contributed by atoms with van der Waals surface area (Å²) in [5.41, 5.74) is 1.59. The average molecular weight is 396 g/mol. The van der Waals surface area contributed by atoms with Crippen molar-refractivity contribution in [3.63, 3.8) is 0 Å². The molecular formula is C19H20N6O4. The molecule has 10 heteroatoms. The fraction of sp³-hybridized carbons (Fsp3) is 0.368. The number of nitro groups is 1. The maximum Gasteiger partial charge on any atom is 0.409 e. The summed E-state index contributed by atoms with van der Waals surface area (Å²) >= 11 is 0. The number of hydrogen-bond donors (Lipinski definition) is 0. The van der Waals surface area contributed by atoms with Gasteiger partial charge in [0.15, 0.2) is 11.5 Å². The van der Waals surface area contributed by atoms with Crippen molar-refractivity contribution in [3.8, 4) is 11.5 Å². The SMILES string of the molecule is CCOC(=O)N1CCC(n2c(-c3ccccn3)nc3cc([N+](=O)[O-])cnc32)CC1. The molecule has 0 bridgehead atoms. The molecular weight excluding hydrogens is 376 g/mol. The molecule has 0 atom stereocenters. The molecule has 3 aromatic heterocycles. The predicted molar refractivity (Wildman–Crippen MR) is 104 cm³/mol. The second-order valence-electron chi connectivity index (χ2n) is 6.73. The Bertz CT molecular complexity index is 1040. The average Bonchev–Trinajstić information content (AvgIpc) is 3.13. The molecule has 0 aliphatic carbocycles. The molecule has 0 aromatic carbocycles. The Labute approximate surface area is 166 Å². The highest BCUT2D eigenvalue weighted by atomic mass is 16.6. The fourth-order valence-corrected chi connectivity index (χ4v) is 3.61. The van der Waals surface area contributed by atoms with E-state index in [9.17, 15) is 14.9 Å². The Kier molecular flexibility index (Phi) is 5.07. The van der Waals surface area contributed by atoms with Crippen LogP contribution in [0.2, 0.25) is 0 Å². The maximum absolute atomic E-state index is 12.0. The van der Waals surface area contributed by atoms with Gasteiger partial charge >= 0.3 is 6.09 Å². The summed E-state index contributed by atoms with van der Waals surface area (Å²) in [7, 11) is 0. The van der Waals surface area contributed by atoms with Gasteiger partial charge in [-0.05, 0) is 31.9 Å². The van der Waals surface area contributed by atoms with Crippen molar-refractivity contribution in [1.82, 2.24) is 24.4 Å². The van der Waals surface area contributed by atoms with Crippen LogP contribution in [0.3, 0.4) is 0 Å². The molecule has 1 amide bonds. The number of rotatable bonds is 4. The Morgan fingerprint density at radius 3 is 2.76 bits per heavy atom. The lowest BCUT2D eigenvalue weighted by atomic mass is 10.0. The molecule has 0 N–H and O–H groups in total. The summed E-state index contributed by atoms with van der Waals surface area (Å²) in [6.45, 7) is 3.24. The lowest BCUT2D eigenvalue weighted by molar-refractivity contribution is -0.385. The van der Waals surface area contributed by atoms with Gasteiger partial charge in [0.2, 0.25) is 0 Å². The Morgan fingerprint density at radius 1 is 1.31 bits per heavy atom. The maximum atomic E-state index is 12.0. The molecule has 1 aliphatic heterocycles. The number of pyridine rings is 2. The van der Waals surface area contributed by atoms with Gasteiger partial charge in [0, 0.05) is 31.4 Å². The highest BCUT2D eigenvalue weighted by Crippen LogP contribution is 2.33. The first-order valence-electron chi connectivity index (χ1n) is 9.44. The molecule has 0 radical (unpaired) electrons. The third-order valence-electron chi connectivity index (χ3n) is 4.98. The number of amides is 1. The molecule has 1 fully saturated rings. The van der Waals surface area contributed by atoms with Gasteiger partial charge in [-0.2, -0.15) is 0 Å². The third kappa shape index (κ3) is 3.60. The number of carbonyl (C=O) groups excluding carboxylic acids is 1. The summed E-state index contributed by atoms with van der Waals surface area (Å²) in [4.78, 5) is 37.7. The Hall–Kier alpha value is -3.56. The van der Waals surface area contributed by atoms with Crippen LogP contribution in [0.15, 0.2) is 36.7 Å². The van der Waals surface area contributed by atoms with E-state index < -0.39 is 4.92 Å². The number of fused-ring (bicyclic) bond motifs is 1. The number of hydrogen-bond acceptors (Lipinski definition) is 7. The van der Waals surface area contributed by atoms with Crippen LogP contribution in [0.1, 0.15) is 25.8 Å². The standard InChI is InChI=1S/C19H20N6O4/c1-2-29-19(26)23-9-6-13(7-10-23)24-17-16(11-14(12-21-17)25(27)28)22-18(24)15-5-3-4-8-20-15/h3-5,8,11-13H,2,6-7,9-10H2,1H3. The van der Waals surface area contributed by atoms with E-state index in [4.69, 9.17) is 4.74 Å². The van der Waals surface area contributed by atoms with Crippen LogP contribution in [0.5, 0.6) is 0 Å². The minimum Gasteiger partial charge on any atom is -0.450 e. The molecule has 4 heterocycles. The second-order valence-corrected chi connectivity index (χ2v) is 6.73. The summed E-state index contributed by atoms with van der Waals surface area (Å²) in [5, 5.41) is 11.1. The molecule has 29 heavy (non-hydrogen) atoms. The first-order valence-corrected chi connectivity index (χ1v) is 9.44. The van der Waals surface area contributed by atoms with Crippen LogP contribution in [-0.4, -0.2) is 55.1 Å². The molecule has 150 valence electrons. The molecule has 3 aromatic rings.